The molecule has 0 bridgehead atoms. The lowest BCUT2D eigenvalue weighted by atomic mass is 10.2. The van der Waals surface area contributed by atoms with Gasteiger partial charge in [-0.1, -0.05) is 23.7 Å². The number of benzene rings is 2. The summed E-state index contributed by atoms with van der Waals surface area (Å²) < 4.78 is 19.5. The summed E-state index contributed by atoms with van der Waals surface area (Å²) in [6, 6.07) is 13.9. The molecular weight excluding hydrogens is 355 g/mol. The minimum Gasteiger partial charge on any atom is -0.494 e. The Kier molecular flexibility index (Phi) is 6.34. The predicted molar refractivity (Wildman–Crippen MR) is 101 cm³/mol. The zero-order valence-electron chi connectivity index (χ0n) is 14.5. The van der Waals surface area contributed by atoms with Gasteiger partial charge >= 0.3 is 0 Å². The van der Waals surface area contributed by atoms with Crippen LogP contribution in [0.1, 0.15) is 12.8 Å². The molecule has 0 aliphatic carbocycles. The third kappa shape index (κ3) is 4.88. The van der Waals surface area contributed by atoms with Crippen LogP contribution in [0.2, 0.25) is 5.02 Å². The summed E-state index contributed by atoms with van der Waals surface area (Å²) in [4.78, 5) is 16.2. The van der Waals surface area contributed by atoms with Gasteiger partial charge in [0.15, 0.2) is 0 Å². The minimum atomic E-state index is -0.216. The van der Waals surface area contributed by atoms with E-state index in [2.05, 4.69) is 0 Å². The fourth-order valence-corrected chi connectivity index (χ4v) is 3.13. The van der Waals surface area contributed by atoms with Crippen molar-refractivity contribution < 1.29 is 13.9 Å². The number of hydrogen-bond acceptors (Lipinski definition) is 3. The standard InChI is InChI=1S/C20H22ClFN2O2/c21-16-7-9-17(10-8-16)26-15-3-6-20(25)24-13-11-23(12-14-24)19-5-2-1-4-18(19)22/h1-2,4-5,7-10H,3,6,11-15H2. The summed E-state index contributed by atoms with van der Waals surface area (Å²) in [6.07, 6.45) is 1.11. The van der Waals surface area contributed by atoms with Gasteiger partial charge in [-0.3, -0.25) is 4.79 Å². The van der Waals surface area contributed by atoms with E-state index in [4.69, 9.17) is 16.3 Å². The van der Waals surface area contributed by atoms with Gasteiger partial charge < -0.3 is 14.5 Å². The smallest absolute Gasteiger partial charge is 0.222 e. The first kappa shape index (κ1) is 18.5. The molecule has 1 heterocycles. The molecular formula is C20H22ClFN2O2. The highest BCUT2D eigenvalue weighted by Gasteiger charge is 2.22. The molecule has 0 saturated carbocycles. The number of hydrogen-bond donors (Lipinski definition) is 0. The van der Waals surface area contributed by atoms with Crippen LogP contribution in [0.5, 0.6) is 5.75 Å². The second kappa shape index (κ2) is 8.90. The maximum atomic E-state index is 13.9. The Labute approximate surface area is 158 Å². The molecule has 0 radical (unpaired) electrons. The molecule has 0 spiro atoms. The Morgan fingerprint density at radius 2 is 1.73 bits per heavy atom. The molecule has 0 atom stereocenters. The minimum absolute atomic E-state index is 0.123. The molecule has 1 amide bonds. The zero-order valence-corrected chi connectivity index (χ0v) is 15.3. The lowest BCUT2D eigenvalue weighted by Crippen LogP contribution is -2.49. The first-order valence-corrected chi connectivity index (χ1v) is 9.17. The maximum Gasteiger partial charge on any atom is 0.222 e. The van der Waals surface area contributed by atoms with Crippen LogP contribution in [0, 0.1) is 5.82 Å². The average Bonchev–Trinajstić information content (AvgIpc) is 2.67. The fraction of sp³-hybridized carbons (Fsp3) is 0.350. The van der Waals surface area contributed by atoms with E-state index in [1.807, 2.05) is 28.0 Å². The number of halogens is 2. The number of anilines is 1. The number of nitrogens with zero attached hydrogens (tertiary/aromatic N) is 2. The number of amides is 1. The van der Waals surface area contributed by atoms with Crippen molar-refractivity contribution in [1.82, 2.24) is 4.90 Å². The van der Waals surface area contributed by atoms with E-state index in [9.17, 15) is 9.18 Å². The molecule has 2 aromatic carbocycles. The number of ether oxygens (including phenoxy) is 1. The molecule has 3 rings (SSSR count). The molecule has 1 aliphatic rings. The summed E-state index contributed by atoms with van der Waals surface area (Å²) >= 11 is 5.83. The van der Waals surface area contributed by atoms with Gasteiger partial charge in [-0.15, -0.1) is 0 Å². The number of carbonyl (C=O) groups excluding carboxylic acids is 1. The Morgan fingerprint density at radius 3 is 2.42 bits per heavy atom. The number of para-hydroxylation sites is 1. The van der Waals surface area contributed by atoms with Crippen molar-refractivity contribution in [3.8, 4) is 5.75 Å². The molecule has 6 heteroatoms. The van der Waals surface area contributed by atoms with Crippen molar-refractivity contribution in [2.45, 2.75) is 12.8 Å². The van der Waals surface area contributed by atoms with E-state index in [0.29, 0.717) is 56.3 Å². The highest BCUT2D eigenvalue weighted by atomic mass is 35.5. The van der Waals surface area contributed by atoms with Gasteiger partial charge in [-0.05, 0) is 42.8 Å². The van der Waals surface area contributed by atoms with Crippen LogP contribution in [0.3, 0.4) is 0 Å². The Morgan fingerprint density at radius 1 is 1.04 bits per heavy atom. The SMILES string of the molecule is O=C(CCCOc1ccc(Cl)cc1)N1CCN(c2ccccc2F)CC1. The predicted octanol–water partition coefficient (Wildman–Crippen LogP) is 3.99. The van der Waals surface area contributed by atoms with Crippen molar-refractivity contribution in [2.24, 2.45) is 0 Å². The van der Waals surface area contributed by atoms with E-state index in [1.165, 1.54) is 6.07 Å². The molecule has 1 aliphatic heterocycles. The lowest BCUT2D eigenvalue weighted by Gasteiger charge is -2.36. The first-order chi connectivity index (χ1) is 12.6. The van der Waals surface area contributed by atoms with Gasteiger partial charge in [0.25, 0.3) is 0 Å². The third-order valence-corrected chi connectivity index (χ3v) is 4.69. The molecule has 2 aromatic rings. The van der Waals surface area contributed by atoms with Gasteiger partial charge in [0.2, 0.25) is 5.91 Å². The van der Waals surface area contributed by atoms with Crippen LogP contribution >= 0.6 is 11.6 Å². The molecule has 1 fully saturated rings. The molecule has 0 aromatic heterocycles. The number of piperazine rings is 1. The zero-order chi connectivity index (χ0) is 18.4. The Bertz CT molecular complexity index is 731. The van der Waals surface area contributed by atoms with Crippen molar-refractivity contribution >= 4 is 23.2 Å². The maximum absolute atomic E-state index is 13.9. The molecule has 138 valence electrons. The van der Waals surface area contributed by atoms with E-state index < -0.39 is 0 Å². The summed E-state index contributed by atoms with van der Waals surface area (Å²) in [5, 5.41) is 0.669. The summed E-state index contributed by atoms with van der Waals surface area (Å²) in [7, 11) is 0. The van der Waals surface area contributed by atoms with Crippen LogP contribution in [0.4, 0.5) is 10.1 Å². The number of rotatable bonds is 6. The lowest BCUT2D eigenvalue weighted by molar-refractivity contribution is -0.131. The highest BCUT2D eigenvalue weighted by molar-refractivity contribution is 6.30. The Hall–Kier alpha value is -2.27. The van der Waals surface area contributed by atoms with Gasteiger partial charge in [0.1, 0.15) is 11.6 Å². The van der Waals surface area contributed by atoms with Crippen LogP contribution < -0.4 is 9.64 Å². The van der Waals surface area contributed by atoms with E-state index in [-0.39, 0.29) is 11.7 Å². The monoisotopic (exact) mass is 376 g/mol. The molecule has 1 saturated heterocycles. The van der Waals surface area contributed by atoms with Crippen molar-refractivity contribution in [1.29, 1.82) is 0 Å². The fourth-order valence-electron chi connectivity index (χ4n) is 3.01. The summed E-state index contributed by atoms with van der Waals surface area (Å²) in [6.45, 7) is 3.01. The van der Waals surface area contributed by atoms with Crippen molar-refractivity contribution in [2.75, 3.05) is 37.7 Å². The first-order valence-electron chi connectivity index (χ1n) is 8.79. The normalized spacial score (nSPS) is 14.4. The van der Waals surface area contributed by atoms with Gasteiger partial charge in [-0.25, -0.2) is 4.39 Å². The van der Waals surface area contributed by atoms with Crippen LogP contribution in [-0.2, 0) is 4.79 Å². The van der Waals surface area contributed by atoms with Gasteiger partial charge in [0.05, 0.1) is 12.3 Å². The summed E-state index contributed by atoms with van der Waals surface area (Å²) in [5.41, 5.74) is 0.607. The molecule has 0 unspecified atom stereocenters. The summed E-state index contributed by atoms with van der Waals surface area (Å²) in [5.74, 6) is 0.657. The van der Waals surface area contributed by atoms with Crippen molar-refractivity contribution in [3.05, 3.63) is 59.4 Å². The van der Waals surface area contributed by atoms with Crippen molar-refractivity contribution in [3.63, 3.8) is 0 Å². The van der Waals surface area contributed by atoms with E-state index in [1.54, 1.807) is 24.3 Å². The molecule has 26 heavy (non-hydrogen) atoms. The molecule has 4 nitrogen and oxygen atoms in total. The quantitative estimate of drug-likeness (QED) is 0.715. The largest absolute Gasteiger partial charge is 0.494 e. The second-order valence-corrected chi connectivity index (χ2v) is 6.66. The molecule has 0 N–H and O–H groups in total. The topological polar surface area (TPSA) is 32.8 Å². The van der Waals surface area contributed by atoms with Crippen LogP contribution in [0.25, 0.3) is 0 Å². The highest BCUT2D eigenvalue weighted by Crippen LogP contribution is 2.20. The number of carbonyl (C=O) groups is 1. The van der Waals surface area contributed by atoms with E-state index >= 15 is 0 Å². The third-order valence-electron chi connectivity index (χ3n) is 4.44. The Balaban J connectivity index is 1.38. The van der Waals surface area contributed by atoms with Crippen LogP contribution in [-0.4, -0.2) is 43.6 Å². The van der Waals surface area contributed by atoms with Gasteiger partial charge in [-0.2, -0.15) is 0 Å². The second-order valence-electron chi connectivity index (χ2n) is 6.23. The van der Waals surface area contributed by atoms with Crippen LogP contribution in [0.15, 0.2) is 48.5 Å². The average molecular weight is 377 g/mol. The van der Waals surface area contributed by atoms with Gasteiger partial charge in [0, 0.05) is 37.6 Å². The van der Waals surface area contributed by atoms with E-state index in [0.717, 1.165) is 5.75 Å².